The van der Waals surface area contributed by atoms with E-state index in [0.717, 1.165) is 0 Å². The van der Waals surface area contributed by atoms with Crippen LogP contribution in [0.3, 0.4) is 0 Å². The molecule has 0 saturated carbocycles. The van der Waals surface area contributed by atoms with Gasteiger partial charge < -0.3 is 4.57 Å². The zero-order valence-corrected chi connectivity index (χ0v) is 13.2. The Morgan fingerprint density at radius 2 is 1.95 bits per heavy atom. The predicted octanol–water partition coefficient (Wildman–Crippen LogP) is 1.36. The Hall–Kier alpha value is -2.19. The number of carbonyl (C=O) groups is 1. The van der Waals surface area contributed by atoms with Crippen molar-refractivity contribution in [1.82, 2.24) is 14.3 Å². The van der Waals surface area contributed by atoms with E-state index in [0.29, 0.717) is 24.5 Å². The Kier molecular flexibility index (Phi) is 4.94. The molecule has 2 N–H and O–H groups in total. The SMILES string of the molecule is CCCNS(=O)(=O)c1ccc(C(=O)Nc2nccn2C)cc1. The van der Waals surface area contributed by atoms with Gasteiger partial charge in [-0.25, -0.2) is 18.1 Å². The lowest BCUT2D eigenvalue weighted by Crippen LogP contribution is -2.24. The quantitative estimate of drug-likeness (QED) is 0.840. The van der Waals surface area contributed by atoms with E-state index in [1.165, 1.54) is 24.3 Å². The van der Waals surface area contributed by atoms with E-state index in [4.69, 9.17) is 0 Å². The van der Waals surface area contributed by atoms with Gasteiger partial charge in [-0.3, -0.25) is 10.1 Å². The number of nitrogens with one attached hydrogen (secondary N) is 2. The Morgan fingerprint density at radius 1 is 1.27 bits per heavy atom. The fraction of sp³-hybridized carbons (Fsp3) is 0.286. The largest absolute Gasteiger partial charge is 0.320 e. The number of aryl methyl sites for hydroxylation is 1. The number of anilines is 1. The van der Waals surface area contributed by atoms with Crippen molar-refractivity contribution in [3.63, 3.8) is 0 Å². The van der Waals surface area contributed by atoms with Crippen LogP contribution in [0.25, 0.3) is 0 Å². The molecule has 1 amide bonds. The van der Waals surface area contributed by atoms with Crippen molar-refractivity contribution in [2.45, 2.75) is 18.2 Å². The molecular weight excluding hydrogens is 304 g/mol. The number of aromatic nitrogens is 2. The van der Waals surface area contributed by atoms with Crippen LogP contribution in [-0.2, 0) is 17.1 Å². The van der Waals surface area contributed by atoms with E-state index >= 15 is 0 Å². The number of sulfonamides is 1. The molecule has 0 radical (unpaired) electrons. The maximum Gasteiger partial charge on any atom is 0.257 e. The number of hydrogen-bond acceptors (Lipinski definition) is 4. The van der Waals surface area contributed by atoms with Gasteiger partial charge >= 0.3 is 0 Å². The Balaban J connectivity index is 2.12. The van der Waals surface area contributed by atoms with Crippen molar-refractivity contribution in [2.75, 3.05) is 11.9 Å². The smallest absolute Gasteiger partial charge is 0.257 e. The van der Waals surface area contributed by atoms with Crippen LogP contribution in [0.15, 0.2) is 41.6 Å². The number of hydrogen-bond donors (Lipinski definition) is 2. The third-order valence-corrected chi connectivity index (χ3v) is 4.49. The summed E-state index contributed by atoms with van der Waals surface area (Å²) >= 11 is 0. The summed E-state index contributed by atoms with van der Waals surface area (Å²) in [6.07, 6.45) is 4.00. The molecule has 0 spiro atoms. The van der Waals surface area contributed by atoms with Crippen molar-refractivity contribution in [1.29, 1.82) is 0 Å². The number of amides is 1. The first-order valence-corrected chi connectivity index (χ1v) is 8.31. The van der Waals surface area contributed by atoms with Gasteiger partial charge in [0.05, 0.1) is 4.90 Å². The summed E-state index contributed by atoms with van der Waals surface area (Å²) in [5.74, 6) is 0.0751. The summed E-state index contributed by atoms with van der Waals surface area (Å²) in [7, 11) is -1.76. The van der Waals surface area contributed by atoms with Gasteiger partial charge in [-0.2, -0.15) is 0 Å². The zero-order valence-electron chi connectivity index (χ0n) is 12.4. The molecule has 0 bridgehead atoms. The molecule has 2 aromatic rings. The van der Waals surface area contributed by atoms with Crippen molar-refractivity contribution >= 4 is 21.9 Å². The molecule has 0 aliphatic rings. The normalized spacial score (nSPS) is 11.4. The summed E-state index contributed by atoms with van der Waals surface area (Å²) in [5.41, 5.74) is 0.359. The van der Waals surface area contributed by atoms with E-state index in [2.05, 4.69) is 15.0 Å². The number of nitrogens with zero attached hydrogens (tertiary/aromatic N) is 2. The van der Waals surface area contributed by atoms with Crippen LogP contribution in [0.1, 0.15) is 23.7 Å². The fourth-order valence-corrected chi connectivity index (χ4v) is 2.90. The highest BCUT2D eigenvalue weighted by Gasteiger charge is 2.14. The van der Waals surface area contributed by atoms with Crippen LogP contribution in [0.2, 0.25) is 0 Å². The minimum Gasteiger partial charge on any atom is -0.320 e. The number of rotatable bonds is 6. The van der Waals surface area contributed by atoms with Gasteiger partial charge in [-0.05, 0) is 30.7 Å². The van der Waals surface area contributed by atoms with Crippen LogP contribution in [0.5, 0.6) is 0 Å². The number of benzene rings is 1. The Morgan fingerprint density at radius 3 is 2.50 bits per heavy atom. The maximum absolute atomic E-state index is 12.1. The second kappa shape index (κ2) is 6.71. The average molecular weight is 322 g/mol. The summed E-state index contributed by atoms with van der Waals surface area (Å²) in [6.45, 7) is 2.26. The van der Waals surface area contributed by atoms with Crippen molar-refractivity contribution < 1.29 is 13.2 Å². The summed E-state index contributed by atoms with van der Waals surface area (Å²) in [6, 6.07) is 5.76. The lowest BCUT2D eigenvalue weighted by atomic mass is 10.2. The first kappa shape index (κ1) is 16.2. The highest BCUT2D eigenvalue weighted by atomic mass is 32.2. The zero-order chi connectivity index (χ0) is 16.2. The Bertz CT molecular complexity index is 751. The third kappa shape index (κ3) is 3.71. The van der Waals surface area contributed by atoms with Crippen LogP contribution >= 0.6 is 0 Å². The number of carbonyl (C=O) groups excluding carboxylic acids is 1. The molecular formula is C14H18N4O3S. The van der Waals surface area contributed by atoms with Crippen LogP contribution in [0, 0.1) is 0 Å². The summed E-state index contributed by atoms with van der Waals surface area (Å²) in [5, 5.41) is 2.65. The van der Waals surface area contributed by atoms with Crippen molar-refractivity contribution in [3.05, 3.63) is 42.2 Å². The number of imidazole rings is 1. The van der Waals surface area contributed by atoms with E-state index in [9.17, 15) is 13.2 Å². The highest BCUT2D eigenvalue weighted by Crippen LogP contribution is 2.12. The van der Waals surface area contributed by atoms with E-state index in [1.54, 1.807) is 24.0 Å². The molecule has 1 heterocycles. The molecule has 0 fully saturated rings. The standard InChI is InChI=1S/C14H18N4O3S/c1-3-8-16-22(20,21)12-6-4-11(5-7-12)13(19)17-14-15-9-10-18(14)2/h4-7,9-10,16H,3,8H2,1-2H3,(H,15,17,19). The summed E-state index contributed by atoms with van der Waals surface area (Å²) in [4.78, 5) is 16.2. The van der Waals surface area contributed by atoms with Gasteiger partial charge in [0, 0.05) is 31.5 Å². The van der Waals surface area contributed by atoms with E-state index < -0.39 is 10.0 Å². The van der Waals surface area contributed by atoms with E-state index in [-0.39, 0.29) is 10.8 Å². The van der Waals surface area contributed by atoms with Crippen molar-refractivity contribution in [3.8, 4) is 0 Å². The lowest BCUT2D eigenvalue weighted by molar-refractivity contribution is 0.102. The molecule has 22 heavy (non-hydrogen) atoms. The van der Waals surface area contributed by atoms with E-state index in [1.807, 2.05) is 6.92 Å². The molecule has 0 saturated heterocycles. The molecule has 0 unspecified atom stereocenters. The molecule has 118 valence electrons. The minimum absolute atomic E-state index is 0.134. The fourth-order valence-electron chi connectivity index (χ4n) is 1.76. The molecule has 1 aromatic carbocycles. The first-order chi connectivity index (χ1) is 10.4. The molecule has 0 aliphatic heterocycles. The molecule has 7 nitrogen and oxygen atoms in total. The van der Waals surface area contributed by atoms with Gasteiger partial charge in [-0.1, -0.05) is 6.92 Å². The first-order valence-electron chi connectivity index (χ1n) is 6.82. The van der Waals surface area contributed by atoms with Gasteiger partial charge in [0.25, 0.3) is 5.91 Å². The molecule has 0 aliphatic carbocycles. The van der Waals surface area contributed by atoms with Crippen LogP contribution in [-0.4, -0.2) is 30.4 Å². The molecule has 1 aromatic heterocycles. The van der Waals surface area contributed by atoms with Gasteiger partial charge in [0.15, 0.2) is 0 Å². The second-order valence-corrected chi connectivity index (χ2v) is 6.50. The monoisotopic (exact) mass is 322 g/mol. The molecule has 2 rings (SSSR count). The van der Waals surface area contributed by atoms with Gasteiger partial charge in [0.2, 0.25) is 16.0 Å². The van der Waals surface area contributed by atoms with Gasteiger partial charge in [0.1, 0.15) is 0 Å². The highest BCUT2D eigenvalue weighted by molar-refractivity contribution is 7.89. The third-order valence-electron chi connectivity index (χ3n) is 3.02. The van der Waals surface area contributed by atoms with Crippen molar-refractivity contribution in [2.24, 2.45) is 7.05 Å². The molecule has 0 atom stereocenters. The lowest BCUT2D eigenvalue weighted by Gasteiger charge is -2.07. The predicted molar refractivity (Wildman–Crippen MR) is 83.1 cm³/mol. The Labute approximate surface area is 129 Å². The maximum atomic E-state index is 12.1. The van der Waals surface area contributed by atoms with Gasteiger partial charge in [-0.15, -0.1) is 0 Å². The topological polar surface area (TPSA) is 93.1 Å². The average Bonchev–Trinajstić information content (AvgIpc) is 2.90. The van der Waals surface area contributed by atoms with Crippen LogP contribution < -0.4 is 10.0 Å². The second-order valence-electron chi connectivity index (χ2n) is 4.74. The van der Waals surface area contributed by atoms with Crippen LogP contribution in [0.4, 0.5) is 5.95 Å². The summed E-state index contributed by atoms with van der Waals surface area (Å²) < 4.78 is 28.0. The molecule has 8 heteroatoms. The minimum atomic E-state index is -3.52.